The minimum Gasteiger partial charge on any atom is -0.493 e. The number of alkyl halides is 3. The third kappa shape index (κ3) is 4.62. The first-order chi connectivity index (χ1) is 16.3. The molecule has 1 aromatic heterocycles. The van der Waals surface area contributed by atoms with E-state index in [1.165, 1.54) is 14.2 Å². The molecule has 3 N–H and O–H groups in total. The third-order valence-corrected chi connectivity index (χ3v) is 5.55. The zero-order valence-electron chi connectivity index (χ0n) is 19.5. The van der Waals surface area contributed by atoms with E-state index in [2.05, 4.69) is 4.98 Å². The molecule has 1 unspecified atom stereocenters. The summed E-state index contributed by atoms with van der Waals surface area (Å²) < 4.78 is 53.9. The van der Waals surface area contributed by atoms with Gasteiger partial charge in [0.05, 0.1) is 14.2 Å². The molecule has 0 spiro atoms. The number of methoxy groups -OCH3 is 2. The Kier molecular flexibility index (Phi) is 6.99. The molecule has 0 saturated heterocycles. The number of aromatic amines is 2. The first-order valence-electron chi connectivity index (χ1n) is 10.6. The summed E-state index contributed by atoms with van der Waals surface area (Å²) in [6.07, 6.45) is -5.66. The SMILES string of the molecule is COc1ccc(CCN2C(=O)C(NC(=O)CC(C)C)(C(F)(F)F)c3c2[nH]c(=O)[nH]c3=O)cc1OC. The highest BCUT2D eigenvalue weighted by molar-refractivity contribution is 6.09. The molecule has 190 valence electrons. The van der Waals surface area contributed by atoms with E-state index in [-0.39, 0.29) is 25.3 Å². The summed E-state index contributed by atoms with van der Waals surface area (Å²) in [6.45, 7) is 2.90. The van der Waals surface area contributed by atoms with Gasteiger partial charge in [-0.1, -0.05) is 19.9 Å². The lowest BCUT2D eigenvalue weighted by atomic mass is 9.91. The van der Waals surface area contributed by atoms with Crippen LogP contribution in [0.1, 0.15) is 31.4 Å². The highest BCUT2D eigenvalue weighted by Crippen LogP contribution is 2.47. The molecule has 13 heteroatoms. The van der Waals surface area contributed by atoms with Gasteiger partial charge < -0.3 is 14.8 Å². The highest BCUT2D eigenvalue weighted by Gasteiger charge is 2.70. The summed E-state index contributed by atoms with van der Waals surface area (Å²) in [7, 11) is 2.85. The fourth-order valence-electron chi connectivity index (χ4n) is 4.01. The monoisotopic (exact) mass is 498 g/mol. The molecule has 2 amide bonds. The second-order valence-corrected chi connectivity index (χ2v) is 8.42. The molecule has 0 bridgehead atoms. The second-order valence-electron chi connectivity index (χ2n) is 8.42. The van der Waals surface area contributed by atoms with Crippen molar-refractivity contribution in [2.24, 2.45) is 5.92 Å². The van der Waals surface area contributed by atoms with Gasteiger partial charge in [-0.2, -0.15) is 13.2 Å². The lowest BCUT2D eigenvalue weighted by Crippen LogP contribution is -2.63. The minimum absolute atomic E-state index is 0.0360. The molecule has 0 radical (unpaired) electrons. The average Bonchev–Trinajstić information content (AvgIpc) is 2.99. The number of hydrogen-bond donors (Lipinski definition) is 3. The zero-order valence-corrected chi connectivity index (χ0v) is 19.5. The van der Waals surface area contributed by atoms with Crippen molar-refractivity contribution in [2.45, 2.75) is 38.4 Å². The van der Waals surface area contributed by atoms with E-state index < -0.39 is 46.2 Å². The van der Waals surface area contributed by atoms with Crippen molar-refractivity contribution in [3.05, 3.63) is 50.2 Å². The van der Waals surface area contributed by atoms with E-state index in [1.54, 1.807) is 42.3 Å². The van der Waals surface area contributed by atoms with Crippen molar-refractivity contribution >= 4 is 17.6 Å². The molecule has 0 aliphatic carbocycles. The fraction of sp³-hybridized carbons (Fsp3) is 0.455. The number of amides is 2. The molecule has 1 aromatic carbocycles. The molecule has 2 heterocycles. The van der Waals surface area contributed by atoms with Crippen molar-refractivity contribution in [1.29, 1.82) is 0 Å². The lowest BCUT2D eigenvalue weighted by molar-refractivity contribution is -0.201. The van der Waals surface area contributed by atoms with Crippen LogP contribution in [0, 0.1) is 5.92 Å². The normalized spacial score (nSPS) is 17.5. The summed E-state index contributed by atoms with van der Waals surface area (Å²) in [5.74, 6) is -2.79. The Morgan fingerprint density at radius 3 is 2.34 bits per heavy atom. The van der Waals surface area contributed by atoms with Gasteiger partial charge in [-0.25, -0.2) is 4.79 Å². The predicted molar refractivity (Wildman–Crippen MR) is 119 cm³/mol. The Morgan fingerprint density at radius 1 is 1.11 bits per heavy atom. The van der Waals surface area contributed by atoms with Crippen molar-refractivity contribution in [2.75, 3.05) is 25.7 Å². The maximum absolute atomic E-state index is 14.5. The number of carbonyl (C=O) groups is 2. The Labute approximate surface area is 197 Å². The maximum atomic E-state index is 14.5. The summed E-state index contributed by atoms with van der Waals surface area (Å²) >= 11 is 0. The standard InChI is InChI=1S/C22H25F3N4O6/c1-11(2)9-15(30)28-21(22(23,24)25)16-17(26-20(33)27-18(16)31)29(19(21)32)8-7-12-5-6-13(34-3)14(10-12)35-4/h5-6,10-11H,7-9H2,1-4H3,(H,28,30)(H2,26,27,31,33). The van der Waals surface area contributed by atoms with E-state index in [4.69, 9.17) is 9.47 Å². The largest absolute Gasteiger partial charge is 0.493 e. The van der Waals surface area contributed by atoms with E-state index >= 15 is 0 Å². The van der Waals surface area contributed by atoms with E-state index in [0.717, 1.165) is 0 Å². The number of H-pyrrole nitrogens is 2. The number of ether oxygens (including phenoxy) is 2. The second kappa shape index (κ2) is 9.47. The van der Waals surface area contributed by atoms with Crippen LogP contribution in [0.5, 0.6) is 11.5 Å². The van der Waals surface area contributed by atoms with Crippen molar-refractivity contribution < 1.29 is 32.2 Å². The Hall–Kier alpha value is -3.77. The van der Waals surface area contributed by atoms with Gasteiger partial charge in [0.15, 0.2) is 11.5 Å². The molecule has 1 atom stereocenters. The number of halogens is 3. The van der Waals surface area contributed by atoms with Crippen LogP contribution in [-0.2, 0) is 21.5 Å². The summed E-state index contributed by atoms with van der Waals surface area (Å²) in [4.78, 5) is 54.8. The van der Waals surface area contributed by atoms with Crippen molar-refractivity contribution in [3.63, 3.8) is 0 Å². The molecule has 1 aliphatic rings. The Balaban J connectivity index is 2.08. The van der Waals surface area contributed by atoms with Crippen LogP contribution in [0.15, 0.2) is 27.8 Å². The topological polar surface area (TPSA) is 134 Å². The number of aromatic nitrogens is 2. The number of benzene rings is 1. The lowest BCUT2D eigenvalue weighted by Gasteiger charge is -2.31. The Morgan fingerprint density at radius 2 is 1.77 bits per heavy atom. The summed E-state index contributed by atoms with van der Waals surface area (Å²) in [6, 6.07) is 4.81. The van der Waals surface area contributed by atoms with E-state index in [0.29, 0.717) is 22.0 Å². The number of nitrogens with zero attached hydrogens (tertiary/aromatic N) is 1. The van der Waals surface area contributed by atoms with Gasteiger partial charge in [0.2, 0.25) is 5.91 Å². The smallest absolute Gasteiger partial charge is 0.425 e. The van der Waals surface area contributed by atoms with Gasteiger partial charge >= 0.3 is 11.9 Å². The number of rotatable bonds is 8. The fourth-order valence-corrected chi connectivity index (χ4v) is 4.01. The highest BCUT2D eigenvalue weighted by atomic mass is 19.4. The van der Waals surface area contributed by atoms with Gasteiger partial charge in [-0.15, -0.1) is 0 Å². The van der Waals surface area contributed by atoms with Crippen LogP contribution in [-0.4, -0.2) is 48.7 Å². The van der Waals surface area contributed by atoms with Gasteiger partial charge in [-0.05, 0) is 30.0 Å². The van der Waals surface area contributed by atoms with Gasteiger partial charge in [-0.3, -0.25) is 29.3 Å². The van der Waals surface area contributed by atoms with Crippen LogP contribution >= 0.6 is 0 Å². The van der Waals surface area contributed by atoms with Gasteiger partial charge in [0, 0.05) is 13.0 Å². The maximum Gasteiger partial charge on any atom is 0.425 e. The predicted octanol–water partition coefficient (Wildman–Crippen LogP) is 1.59. The summed E-state index contributed by atoms with van der Waals surface area (Å²) in [5, 5.41) is 1.76. The number of nitrogens with one attached hydrogen (secondary N) is 3. The quantitative estimate of drug-likeness (QED) is 0.506. The molecule has 3 rings (SSSR count). The minimum atomic E-state index is -5.38. The Bertz CT molecular complexity index is 1250. The van der Waals surface area contributed by atoms with Gasteiger partial charge in [0.1, 0.15) is 11.4 Å². The van der Waals surface area contributed by atoms with Crippen molar-refractivity contribution in [3.8, 4) is 11.5 Å². The average molecular weight is 498 g/mol. The van der Waals surface area contributed by atoms with Crippen LogP contribution < -0.4 is 30.9 Å². The van der Waals surface area contributed by atoms with Crippen molar-refractivity contribution in [1.82, 2.24) is 15.3 Å². The molecular formula is C22H25F3N4O6. The molecule has 0 saturated carbocycles. The van der Waals surface area contributed by atoms with Crippen LogP contribution in [0.25, 0.3) is 0 Å². The first-order valence-corrected chi connectivity index (χ1v) is 10.6. The summed E-state index contributed by atoms with van der Waals surface area (Å²) in [5.41, 5.74) is -6.67. The number of carbonyl (C=O) groups excluding carboxylic acids is 2. The molecule has 10 nitrogen and oxygen atoms in total. The zero-order chi connectivity index (χ0) is 26.1. The molecule has 1 aliphatic heterocycles. The molecule has 0 fully saturated rings. The molecule has 35 heavy (non-hydrogen) atoms. The van der Waals surface area contributed by atoms with E-state index in [9.17, 15) is 32.3 Å². The van der Waals surface area contributed by atoms with Crippen LogP contribution in [0.4, 0.5) is 19.0 Å². The number of hydrogen-bond acceptors (Lipinski definition) is 6. The first kappa shape index (κ1) is 25.8. The third-order valence-electron chi connectivity index (χ3n) is 5.55. The van der Waals surface area contributed by atoms with Crippen LogP contribution in [0.2, 0.25) is 0 Å². The molecular weight excluding hydrogens is 473 g/mol. The number of anilines is 1. The molecule has 2 aromatic rings. The number of fused-ring (bicyclic) bond motifs is 1. The van der Waals surface area contributed by atoms with Gasteiger partial charge in [0.25, 0.3) is 17.0 Å². The van der Waals surface area contributed by atoms with E-state index in [1.807, 2.05) is 0 Å². The van der Waals surface area contributed by atoms with Crippen LogP contribution in [0.3, 0.4) is 0 Å².